The van der Waals surface area contributed by atoms with Crippen molar-refractivity contribution < 1.29 is 29.4 Å². The van der Waals surface area contributed by atoms with E-state index in [2.05, 4.69) is 36.3 Å². The summed E-state index contributed by atoms with van der Waals surface area (Å²) in [6.07, 6.45) is 17.0. The summed E-state index contributed by atoms with van der Waals surface area (Å²) in [4.78, 5) is 29.7. The van der Waals surface area contributed by atoms with Crippen molar-refractivity contribution in [2.75, 3.05) is 13.2 Å². The summed E-state index contributed by atoms with van der Waals surface area (Å²) in [5, 5.41) is 27.9. The van der Waals surface area contributed by atoms with E-state index < -0.39 is 17.6 Å². The molecule has 8 heteroatoms. The lowest BCUT2D eigenvalue weighted by atomic mass is 9.46. The Morgan fingerprint density at radius 2 is 1.90 bits per heavy atom. The molecule has 1 heterocycles. The van der Waals surface area contributed by atoms with Crippen molar-refractivity contribution in [1.29, 1.82) is 0 Å². The Balaban J connectivity index is 1.19. The summed E-state index contributed by atoms with van der Waals surface area (Å²) in [5.74, 6) is 3.14. The minimum Gasteiger partial charge on any atom is -0.481 e. The van der Waals surface area contributed by atoms with Crippen LogP contribution in [0.25, 0.3) is 0 Å². The molecule has 0 aromatic heterocycles. The molecule has 0 aromatic carbocycles. The Hall–Kier alpha value is -2.37. The lowest BCUT2D eigenvalue weighted by Gasteiger charge is -2.58. The van der Waals surface area contributed by atoms with Crippen LogP contribution >= 0.6 is 0 Å². The fraction of sp³-hybridized carbons (Fsp3) is 0.788. The number of ether oxygens (including phenoxy) is 1. The van der Waals surface area contributed by atoms with E-state index in [0.29, 0.717) is 43.6 Å². The van der Waals surface area contributed by atoms with Gasteiger partial charge in [-0.15, -0.1) is 6.42 Å². The molecule has 0 bridgehead atoms. The Kier molecular flexibility index (Phi) is 8.10. The van der Waals surface area contributed by atoms with Gasteiger partial charge in [0.2, 0.25) is 0 Å². The highest BCUT2D eigenvalue weighted by Gasteiger charge is 2.63. The van der Waals surface area contributed by atoms with Gasteiger partial charge < -0.3 is 25.1 Å². The van der Waals surface area contributed by atoms with Gasteiger partial charge in [0.05, 0.1) is 17.7 Å². The number of carboxylic acids is 1. The third-order valence-electron chi connectivity index (χ3n) is 11.8. The Morgan fingerprint density at radius 3 is 2.61 bits per heavy atom. The van der Waals surface area contributed by atoms with Crippen molar-refractivity contribution in [2.45, 2.75) is 116 Å². The molecule has 1 aliphatic heterocycles. The van der Waals surface area contributed by atoms with Crippen LogP contribution in [-0.4, -0.2) is 58.3 Å². The van der Waals surface area contributed by atoms with Gasteiger partial charge in [0.15, 0.2) is 6.61 Å². The van der Waals surface area contributed by atoms with Gasteiger partial charge in [-0.3, -0.25) is 9.59 Å². The second-order valence-corrected chi connectivity index (χ2v) is 14.5. The molecule has 0 spiro atoms. The molecule has 8 nitrogen and oxygen atoms in total. The monoisotopic (exact) mass is 568 g/mol. The van der Waals surface area contributed by atoms with E-state index in [0.717, 1.165) is 50.7 Å². The van der Waals surface area contributed by atoms with E-state index in [1.807, 2.05) is 13.8 Å². The van der Waals surface area contributed by atoms with Crippen LogP contribution in [0.2, 0.25) is 0 Å². The van der Waals surface area contributed by atoms with Gasteiger partial charge in [-0.1, -0.05) is 30.5 Å². The summed E-state index contributed by atoms with van der Waals surface area (Å²) in [6, 6.07) is -0.471. The number of fused-ring (bicyclic) bond motifs is 5. The van der Waals surface area contributed by atoms with Gasteiger partial charge in [0.1, 0.15) is 5.60 Å². The number of aliphatic hydroxyl groups is 1. The number of rotatable bonds is 7. The fourth-order valence-electron chi connectivity index (χ4n) is 9.46. The number of hydrogen-bond acceptors (Lipinski definition) is 6. The third-order valence-corrected chi connectivity index (χ3v) is 11.8. The number of hydrogen-bond donors (Lipinski definition) is 3. The number of allylic oxidation sites excluding steroid dienone is 2. The first-order chi connectivity index (χ1) is 19.3. The summed E-state index contributed by atoms with van der Waals surface area (Å²) in [6.45, 7) is 8.93. The highest BCUT2D eigenvalue weighted by Crippen LogP contribution is 2.67. The van der Waals surface area contributed by atoms with Crippen LogP contribution in [0, 0.1) is 46.8 Å². The van der Waals surface area contributed by atoms with Gasteiger partial charge >= 0.3 is 5.97 Å². The smallest absolute Gasteiger partial charge is 0.305 e. The normalized spacial score (nSPS) is 41.2. The molecule has 5 aliphatic rings. The SMILES string of the molecule is C#C[C@]1(O)CC[C@@H]2[C@@H]3CCC4=CC(=NOCC(=O)N[C@H](CC(=O)O)[C@H]5CCOC(C)(C)C5)CC[C@]4(C)[C@@H]3CC[C@@]21C. The first kappa shape index (κ1) is 30.1. The third kappa shape index (κ3) is 5.57. The maximum atomic E-state index is 12.7. The Bertz CT molecular complexity index is 1150. The Morgan fingerprint density at radius 1 is 1.15 bits per heavy atom. The quantitative estimate of drug-likeness (QED) is 0.299. The second-order valence-electron chi connectivity index (χ2n) is 14.5. The van der Waals surface area contributed by atoms with E-state index in [4.69, 9.17) is 16.0 Å². The van der Waals surface area contributed by atoms with Crippen LogP contribution in [0.1, 0.15) is 98.3 Å². The van der Waals surface area contributed by atoms with E-state index in [-0.39, 0.29) is 41.3 Å². The first-order valence-electron chi connectivity index (χ1n) is 15.6. The zero-order valence-electron chi connectivity index (χ0n) is 25.2. The molecule has 1 saturated heterocycles. The first-order valence-corrected chi connectivity index (χ1v) is 15.6. The highest BCUT2D eigenvalue weighted by atomic mass is 16.6. The summed E-state index contributed by atoms with van der Waals surface area (Å²) in [7, 11) is 0. The van der Waals surface area contributed by atoms with Crippen molar-refractivity contribution in [1.82, 2.24) is 5.32 Å². The predicted molar refractivity (Wildman–Crippen MR) is 156 cm³/mol. The van der Waals surface area contributed by atoms with Gasteiger partial charge in [0.25, 0.3) is 5.91 Å². The molecule has 4 fully saturated rings. The number of carboxylic acid groups (broad SMARTS) is 1. The maximum absolute atomic E-state index is 12.7. The minimum absolute atomic E-state index is 0.0308. The maximum Gasteiger partial charge on any atom is 0.305 e. The molecular weight excluding hydrogens is 520 g/mol. The molecule has 3 N–H and O–H groups in total. The van der Waals surface area contributed by atoms with E-state index in [9.17, 15) is 19.8 Å². The second kappa shape index (κ2) is 11.0. The minimum atomic E-state index is -0.981. The van der Waals surface area contributed by atoms with Crippen LogP contribution in [0.4, 0.5) is 0 Å². The number of carbonyl (C=O) groups is 2. The number of terminal acetylenes is 1. The van der Waals surface area contributed by atoms with Crippen LogP contribution in [0.15, 0.2) is 16.8 Å². The van der Waals surface area contributed by atoms with Crippen molar-refractivity contribution in [3.05, 3.63) is 11.6 Å². The van der Waals surface area contributed by atoms with Gasteiger partial charge in [0, 0.05) is 18.1 Å². The number of nitrogens with zero attached hydrogens (tertiary/aromatic N) is 1. The van der Waals surface area contributed by atoms with Crippen LogP contribution < -0.4 is 5.32 Å². The molecular formula is C33H48N2O6. The number of aliphatic carboxylic acids is 1. The summed E-state index contributed by atoms with van der Waals surface area (Å²) >= 11 is 0. The molecule has 3 saturated carbocycles. The average molecular weight is 569 g/mol. The van der Waals surface area contributed by atoms with E-state index in [1.54, 1.807) is 0 Å². The number of nitrogens with one attached hydrogen (secondary N) is 1. The fourth-order valence-corrected chi connectivity index (χ4v) is 9.46. The van der Waals surface area contributed by atoms with Crippen molar-refractivity contribution in [3.8, 4) is 12.3 Å². The molecule has 41 heavy (non-hydrogen) atoms. The zero-order chi connectivity index (χ0) is 29.6. The van der Waals surface area contributed by atoms with Crippen molar-refractivity contribution in [3.63, 3.8) is 0 Å². The predicted octanol–water partition coefficient (Wildman–Crippen LogP) is 4.85. The van der Waals surface area contributed by atoms with Crippen molar-refractivity contribution >= 4 is 17.6 Å². The average Bonchev–Trinajstić information content (AvgIpc) is 3.18. The molecule has 1 amide bonds. The molecule has 0 unspecified atom stereocenters. The molecule has 0 radical (unpaired) electrons. The molecule has 8 atom stereocenters. The molecule has 5 rings (SSSR count). The van der Waals surface area contributed by atoms with Gasteiger partial charge in [-0.05, 0) is 113 Å². The Labute approximate surface area is 244 Å². The summed E-state index contributed by atoms with van der Waals surface area (Å²) < 4.78 is 5.77. The van der Waals surface area contributed by atoms with Crippen molar-refractivity contribution in [2.24, 2.45) is 39.7 Å². The van der Waals surface area contributed by atoms with Gasteiger partial charge in [-0.25, -0.2) is 0 Å². The number of amides is 1. The molecule has 0 aromatic rings. The van der Waals surface area contributed by atoms with Crippen LogP contribution in [0.3, 0.4) is 0 Å². The lowest BCUT2D eigenvalue weighted by Crippen LogP contribution is -2.54. The standard InChI is InChI=1S/C33H48N2O6/c1-6-33(39)15-11-26-24-8-7-22-17-23(9-13-31(22,4)25(24)10-14-32(26,33)5)35-41-20-28(36)34-27(18-29(37)38)21-12-16-40-30(2,3)19-21/h1,17,21,24-27,39H,7-16,18-20H2,2-5H3,(H,34,36)(H,37,38)/t21-,24+,25+,26+,27+,31-,32-,33-/m0/s1. The molecule has 226 valence electrons. The van der Waals surface area contributed by atoms with E-state index >= 15 is 0 Å². The lowest BCUT2D eigenvalue weighted by molar-refractivity contribution is -0.139. The number of carbonyl (C=O) groups excluding carboxylic acids is 1. The number of oxime groups is 1. The molecule has 4 aliphatic carbocycles. The zero-order valence-corrected chi connectivity index (χ0v) is 25.2. The topological polar surface area (TPSA) is 117 Å². The summed E-state index contributed by atoms with van der Waals surface area (Å²) in [5.41, 5.74) is 0.883. The van der Waals surface area contributed by atoms with Crippen LogP contribution in [0.5, 0.6) is 0 Å². The van der Waals surface area contributed by atoms with E-state index in [1.165, 1.54) is 5.57 Å². The largest absolute Gasteiger partial charge is 0.481 e. The van der Waals surface area contributed by atoms with Crippen LogP contribution in [-0.2, 0) is 19.2 Å². The highest BCUT2D eigenvalue weighted by molar-refractivity contribution is 5.96. The van der Waals surface area contributed by atoms with Gasteiger partial charge in [-0.2, -0.15) is 0 Å².